The van der Waals surface area contributed by atoms with Gasteiger partial charge in [0.15, 0.2) is 0 Å². The van der Waals surface area contributed by atoms with Crippen LogP contribution in [0.3, 0.4) is 0 Å². The van der Waals surface area contributed by atoms with Gasteiger partial charge in [0.1, 0.15) is 5.72 Å². The summed E-state index contributed by atoms with van der Waals surface area (Å²) in [6, 6.07) is 0. The summed E-state index contributed by atoms with van der Waals surface area (Å²) in [5.74, 6) is 0.599. The third kappa shape index (κ3) is 4.77. The van der Waals surface area contributed by atoms with Crippen LogP contribution in [-0.2, 0) is 4.74 Å². The Morgan fingerprint density at radius 1 is 1.50 bits per heavy atom. The van der Waals surface area contributed by atoms with E-state index in [1.54, 1.807) is 0 Å². The van der Waals surface area contributed by atoms with Crippen molar-refractivity contribution < 1.29 is 4.74 Å². The molecule has 2 N–H and O–H groups in total. The molecule has 0 fully saturated rings. The molecule has 0 spiro atoms. The SMILES string of the molecule is CCOC(C)(N)CC(C)C. The van der Waals surface area contributed by atoms with Crippen LogP contribution in [0.25, 0.3) is 0 Å². The highest BCUT2D eigenvalue weighted by atomic mass is 16.5. The Morgan fingerprint density at radius 3 is 2.30 bits per heavy atom. The fourth-order valence-corrected chi connectivity index (χ4v) is 1.20. The van der Waals surface area contributed by atoms with E-state index in [0.29, 0.717) is 12.5 Å². The number of hydrogen-bond donors (Lipinski definition) is 1. The first-order valence-corrected chi connectivity index (χ1v) is 3.91. The van der Waals surface area contributed by atoms with Gasteiger partial charge < -0.3 is 10.5 Å². The van der Waals surface area contributed by atoms with E-state index in [0.717, 1.165) is 6.42 Å². The second-order valence-electron chi connectivity index (χ2n) is 3.34. The van der Waals surface area contributed by atoms with Gasteiger partial charge in [-0.2, -0.15) is 0 Å². The highest BCUT2D eigenvalue weighted by Crippen LogP contribution is 2.14. The molecule has 0 amide bonds. The smallest absolute Gasteiger partial charge is 0.114 e. The maximum absolute atomic E-state index is 5.81. The van der Waals surface area contributed by atoms with Gasteiger partial charge in [0.05, 0.1) is 0 Å². The van der Waals surface area contributed by atoms with Crippen LogP contribution in [0.1, 0.15) is 34.1 Å². The third-order valence-corrected chi connectivity index (χ3v) is 1.29. The quantitative estimate of drug-likeness (QED) is 0.612. The number of ether oxygens (including phenoxy) is 1. The lowest BCUT2D eigenvalue weighted by Crippen LogP contribution is -2.40. The van der Waals surface area contributed by atoms with Gasteiger partial charge in [-0.05, 0) is 26.2 Å². The topological polar surface area (TPSA) is 35.2 Å². The molecule has 2 heteroatoms. The maximum atomic E-state index is 5.81. The first-order valence-electron chi connectivity index (χ1n) is 3.91. The minimum Gasteiger partial charge on any atom is -0.361 e. The largest absolute Gasteiger partial charge is 0.361 e. The van der Waals surface area contributed by atoms with Crippen molar-refractivity contribution in [3.05, 3.63) is 0 Å². The van der Waals surface area contributed by atoms with Gasteiger partial charge in [0.25, 0.3) is 0 Å². The second kappa shape index (κ2) is 3.94. The highest BCUT2D eigenvalue weighted by Gasteiger charge is 2.18. The summed E-state index contributed by atoms with van der Waals surface area (Å²) in [6.07, 6.45) is 0.918. The van der Waals surface area contributed by atoms with Gasteiger partial charge in [-0.1, -0.05) is 13.8 Å². The van der Waals surface area contributed by atoms with E-state index in [9.17, 15) is 0 Å². The summed E-state index contributed by atoms with van der Waals surface area (Å²) < 4.78 is 5.32. The molecular formula is C8H19NO. The van der Waals surface area contributed by atoms with E-state index in [4.69, 9.17) is 10.5 Å². The summed E-state index contributed by atoms with van der Waals surface area (Å²) >= 11 is 0. The standard InChI is InChI=1S/C8H19NO/c1-5-10-8(4,9)6-7(2)3/h7H,5-6,9H2,1-4H3. The molecule has 0 aliphatic heterocycles. The van der Waals surface area contributed by atoms with Crippen LogP contribution >= 0.6 is 0 Å². The maximum Gasteiger partial charge on any atom is 0.114 e. The first-order chi connectivity index (χ1) is 4.48. The van der Waals surface area contributed by atoms with Gasteiger partial charge in [-0.25, -0.2) is 0 Å². The number of hydrogen-bond acceptors (Lipinski definition) is 2. The van der Waals surface area contributed by atoms with Crippen LogP contribution in [-0.4, -0.2) is 12.3 Å². The Bertz CT molecular complexity index is 89.3. The lowest BCUT2D eigenvalue weighted by molar-refractivity contribution is -0.0341. The zero-order valence-electron chi connectivity index (χ0n) is 7.48. The fourth-order valence-electron chi connectivity index (χ4n) is 1.20. The predicted octanol–water partition coefficient (Wildman–Crippen LogP) is 1.74. The van der Waals surface area contributed by atoms with E-state index in [1.165, 1.54) is 0 Å². The minimum atomic E-state index is -0.428. The van der Waals surface area contributed by atoms with Gasteiger partial charge in [0.2, 0.25) is 0 Å². The Hall–Kier alpha value is -0.0800. The molecule has 1 atom stereocenters. The van der Waals surface area contributed by atoms with Crippen molar-refractivity contribution in [1.82, 2.24) is 0 Å². The Balaban J connectivity index is 3.63. The molecule has 0 radical (unpaired) electrons. The molecule has 0 aliphatic rings. The molecule has 0 aromatic carbocycles. The molecule has 0 heterocycles. The van der Waals surface area contributed by atoms with Crippen LogP contribution in [0, 0.1) is 5.92 Å². The van der Waals surface area contributed by atoms with Gasteiger partial charge in [-0.3, -0.25) is 0 Å². The molecule has 10 heavy (non-hydrogen) atoms. The van der Waals surface area contributed by atoms with Crippen LogP contribution in [0.4, 0.5) is 0 Å². The lowest BCUT2D eigenvalue weighted by Gasteiger charge is -2.26. The summed E-state index contributed by atoms with van der Waals surface area (Å²) in [5, 5.41) is 0. The van der Waals surface area contributed by atoms with E-state index >= 15 is 0 Å². The normalized spacial score (nSPS) is 17.4. The van der Waals surface area contributed by atoms with Crippen LogP contribution in [0.5, 0.6) is 0 Å². The van der Waals surface area contributed by atoms with E-state index in [-0.39, 0.29) is 0 Å². The van der Waals surface area contributed by atoms with Crippen molar-refractivity contribution in [3.8, 4) is 0 Å². The van der Waals surface area contributed by atoms with Crippen LogP contribution in [0.15, 0.2) is 0 Å². The zero-order valence-corrected chi connectivity index (χ0v) is 7.48. The predicted molar refractivity (Wildman–Crippen MR) is 43.7 cm³/mol. The van der Waals surface area contributed by atoms with Gasteiger partial charge in [0, 0.05) is 6.61 Å². The van der Waals surface area contributed by atoms with E-state index < -0.39 is 5.72 Å². The van der Waals surface area contributed by atoms with Crippen molar-refractivity contribution >= 4 is 0 Å². The molecule has 0 aliphatic carbocycles. The molecule has 0 rings (SSSR count). The molecule has 0 saturated carbocycles. The summed E-state index contributed by atoms with van der Waals surface area (Å²) in [5.41, 5.74) is 5.38. The van der Waals surface area contributed by atoms with E-state index in [1.807, 2.05) is 13.8 Å². The Labute approximate surface area is 63.7 Å². The van der Waals surface area contributed by atoms with Crippen molar-refractivity contribution in [3.63, 3.8) is 0 Å². The minimum absolute atomic E-state index is 0.428. The van der Waals surface area contributed by atoms with Crippen molar-refractivity contribution in [2.45, 2.75) is 39.8 Å². The first kappa shape index (κ1) is 9.92. The average Bonchev–Trinajstić information content (AvgIpc) is 1.59. The molecule has 0 bridgehead atoms. The molecule has 1 unspecified atom stereocenters. The molecular weight excluding hydrogens is 126 g/mol. The van der Waals surface area contributed by atoms with Crippen molar-refractivity contribution in [2.75, 3.05) is 6.61 Å². The molecule has 0 aromatic rings. The molecule has 62 valence electrons. The Kier molecular flexibility index (Phi) is 3.91. The van der Waals surface area contributed by atoms with Crippen LogP contribution in [0.2, 0.25) is 0 Å². The van der Waals surface area contributed by atoms with E-state index in [2.05, 4.69) is 13.8 Å². The number of nitrogens with two attached hydrogens (primary N) is 1. The second-order valence-corrected chi connectivity index (χ2v) is 3.34. The molecule has 0 saturated heterocycles. The summed E-state index contributed by atoms with van der Waals surface area (Å²) in [4.78, 5) is 0. The third-order valence-electron chi connectivity index (χ3n) is 1.29. The van der Waals surface area contributed by atoms with Gasteiger partial charge >= 0.3 is 0 Å². The lowest BCUT2D eigenvalue weighted by atomic mass is 10.0. The van der Waals surface area contributed by atoms with Gasteiger partial charge in [-0.15, -0.1) is 0 Å². The zero-order chi connectivity index (χ0) is 8.20. The highest BCUT2D eigenvalue weighted by molar-refractivity contribution is 4.67. The Morgan fingerprint density at radius 2 is 2.00 bits per heavy atom. The fraction of sp³-hybridized carbons (Fsp3) is 1.00. The average molecular weight is 145 g/mol. The molecule has 2 nitrogen and oxygen atoms in total. The molecule has 0 aromatic heterocycles. The summed E-state index contributed by atoms with van der Waals surface area (Å²) in [6.45, 7) is 8.87. The van der Waals surface area contributed by atoms with Crippen LogP contribution < -0.4 is 5.73 Å². The van der Waals surface area contributed by atoms with Crippen molar-refractivity contribution in [2.24, 2.45) is 11.7 Å². The summed E-state index contributed by atoms with van der Waals surface area (Å²) in [7, 11) is 0. The monoisotopic (exact) mass is 145 g/mol. The number of rotatable bonds is 4. The van der Waals surface area contributed by atoms with Crippen molar-refractivity contribution in [1.29, 1.82) is 0 Å².